The number of hydrogen-bond acceptors (Lipinski definition) is 4. The van der Waals surface area contributed by atoms with Crippen LogP contribution in [0.3, 0.4) is 0 Å². The molecule has 3 rings (SSSR count). The van der Waals surface area contributed by atoms with Crippen molar-refractivity contribution in [3.8, 4) is 5.75 Å². The maximum atomic E-state index is 9.98. The monoisotopic (exact) mass is 315 g/mol. The normalized spacial score (nSPS) is 21.2. The Hall–Kier alpha value is -2.01. The summed E-state index contributed by atoms with van der Waals surface area (Å²) < 4.78 is 7.80. The number of hydrogen-bond donors (Lipinski definition) is 2. The fourth-order valence-corrected chi connectivity index (χ4v) is 2.96. The van der Waals surface area contributed by atoms with Crippen molar-refractivity contribution in [3.63, 3.8) is 0 Å². The largest absolute Gasteiger partial charge is 0.488 e. The van der Waals surface area contributed by atoms with Crippen LogP contribution in [0.15, 0.2) is 30.5 Å². The van der Waals surface area contributed by atoms with Crippen LogP contribution in [0.2, 0.25) is 0 Å². The van der Waals surface area contributed by atoms with E-state index in [-0.39, 0.29) is 12.2 Å². The van der Waals surface area contributed by atoms with Crippen molar-refractivity contribution in [2.24, 2.45) is 7.05 Å². The number of anilines is 1. The van der Waals surface area contributed by atoms with Gasteiger partial charge in [0.25, 0.3) is 0 Å². The summed E-state index contributed by atoms with van der Waals surface area (Å²) in [6.45, 7) is 2.82. The van der Waals surface area contributed by atoms with E-state index in [4.69, 9.17) is 4.74 Å². The third-order valence-electron chi connectivity index (χ3n) is 4.63. The minimum atomic E-state index is -0.338. The lowest BCUT2D eigenvalue weighted by Crippen LogP contribution is -2.34. The van der Waals surface area contributed by atoms with E-state index >= 15 is 0 Å². The van der Waals surface area contributed by atoms with Gasteiger partial charge in [-0.3, -0.25) is 4.68 Å². The molecular weight excluding hydrogens is 290 g/mol. The van der Waals surface area contributed by atoms with Crippen molar-refractivity contribution in [1.29, 1.82) is 0 Å². The van der Waals surface area contributed by atoms with Crippen molar-refractivity contribution in [3.05, 3.63) is 41.7 Å². The van der Waals surface area contributed by atoms with E-state index in [1.54, 1.807) is 0 Å². The molecule has 23 heavy (non-hydrogen) atoms. The molecule has 0 bridgehead atoms. The molecule has 2 N–H and O–H groups in total. The van der Waals surface area contributed by atoms with E-state index < -0.39 is 0 Å². The topological polar surface area (TPSA) is 59.3 Å². The highest BCUT2D eigenvalue weighted by atomic mass is 16.5. The number of ether oxygens (including phenoxy) is 1. The first-order chi connectivity index (χ1) is 11.1. The molecule has 1 heterocycles. The number of benzene rings is 1. The molecule has 1 aliphatic rings. The molecule has 1 aliphatic carbocycles. The van der Waals surface area contributed by atoms with Crippen LogP contribution in [0.1, 0.15) is 36.9 Å². The number of nitrogens with zero attached hydrogens (tertiary/aromatic N) is 2. The highest BCUT2D eigenvalue weighted by Crippen LogP contribution is 2.25. The second-order valence-electron chi connectivity index (χ2n) is 6.26. The van der Waals surface area contributed by atoms with E-state index in [0.717, 1.165) is 43.7 Å². The molecule has 0 saturated heterocycles. The summed E-state index contributed by atoms with van der Waals surface area (Å²) in [4.78, 5) is 0. The van der Waals surface area contributed by atoms with Crippen LogP contribution < -0.4 is 10.1 Å². The van der Waals surface area contributed by atoms with Gasteiger partial charge in [-0.1, -0.05) is 6.42 Å². The number of aliphatic hydroxyl groups excluding tert-OH is 1. The maximum absolute atomic E-state index is 9.98. The summed E-state index contributed by atoms with van der Waals surface area (Å²) in [6, 6.07) is 7.94. The van der Waals surface area contributed by atoms with Gasteiger partial charge in [-0.25, -0.2) is 0 Å². The van der Waals surface area contributed by atoms with Crippen LogP contribution in [0.5, 0.6) is 5.75 Å². The lowest BCUT2D eigenvalue weighted by Gasteiger charge is -2.28. The SMILES string of the molecule is Cc1c(CNc2ccc(OC3CCCCC3O)cc2)cnn1C. The fraction of sp³-hybridized carbons (Fsp3) is 0.500. The van der Waals surface area contributed by atoms with E-state index in [9.17, 15) is 5.11 Å². The summed E-state index contributed by atoms with van der Waals surface area (Å²) in [6.07, 6.45) is 5.49. The maximum Gasteiger partial charge on any atom is 0.124 e. The minimum Gasteiger partial charge on any atom is -0.488 e. The summed E-state index contributed by atoms with van der Waals surface area (Å²) in [5.41, 5.74) is 3.41. The number of rotatable bonds is 5. The van der Waals surface area contributed by atoms with E-state index in [1.165, 1.54) is 11.3 Å². The zero-order valence-electron chi connectivity index (χ0n) is 13.8. The highest BCUT2D eigenvalue weighted by Gasteiger charge is 2.24. The van der Waals surface area contributed by atoms with Crippen molar-refractivity contribution in [1.82, 2.24) is 9.78 Å². The first-order valence-corrected chi connectivity index (χ1v) is 8.29. The lowest BCUT2D eigenvalue weighted by molar-refractivity contribution is 0.00688. The molecule has 124 valence electrons. The van der Waals surface area contributed by atoms with Crippen molar-refractivity contribution in [2.45, 2.75) is 51.4 Å². The Morgan fingerprint density at radius 2 is 2.00 bits per heavy atom. The third-order valence-corrected chi connectivity index (χ3v) is 4.63. The Balaban J connectivity index is 1.55. The Morgan fingerprint density at radius 1 is 1.26 bits per heavy atom. The molecule has 1 fully saturated rings. The van der Waals surface area contributed by atoms with Crippen molar-refractivity contribution in [2.75, 3.05) is 5.32 Å². The summed E-state index contributed by atoms with van der Waals surface area (Å²) in [7, 11) is 1.95. The third kappa shape index (κ3) is 3.85. The van der Waals surface area contributed by atoms with Gasteiger partial charge in [-0.15, -0.1) is 0 Å². The van der Waals surface area contributed by atoms with Gasteiger partial charge in [0.1, 0.15) is 11.9 Å². The van der Waals surface area contributed by atoms with Crippen LogP contribution in [-0.4, -0.2) is 27.1 Å². The van der Waals surface area contributed by atoms with Gasteiger partial charge < -0.3 is 15.2 Å². The summed E-state index contributed by atoms with van der Waals surface area (Å²) in [5, 5.41) is 17.6. The van der Waals surface area contributed by atoms with Gasteiger partial charge in [0, 0.05) is 30.5 Å². The molecule has 2 atom stereocenters. The standard InChI is InChI=1S/C18H25N3O2/c1-13-14(12-20-21(13)2)11-19-15-7-9-16(10-8-15)23-18-6-4-3-5-17(18)22/h7-10,12,17-19,22H,3-6,11H2,1-2H3. The van der Waals surface area contributed by atoms with Crippen LogP contribution >= 0.6 is 0 Å². The molecule has 5 heteroatoms. The van der Waals surface area contributed by atoms with E-state index in [1.807, 2.05) is 42.2 Å². The van der Waals surface area contributed by atoms with Crippen LogP contribution in [0.4, 0.5) is 5.69 Å². The average molecular weight is 315 g/mol. The Labute approximate surface area is 137 Å². The average Bonchev–Trinajstić information content (AvgIpc) is 2.88. The Kier molecular flexibility index (Phi) is 4.86. The smallest absolute Gasteiger partial charge is 0.124 e. The highest BCUT2D eigenvalue weighted by molar-refractivity contribution is 5.47. The number of aromatic nitrogens is 2. The summed E-state index contributed by atoms with van der Waals surface area (Å²) in [5.74, 6) is 0.819. The molecule has 2 unspecified atom stereocenters. The number of aliphatic hydroxyl groups is 1. The summed E-state index contributed by atoms with van der Waals surface area (Å²) >= 11 is 0. The van der Waals surface area contributed by atoms with Gasteiger partial charge in [0.2, 0.25) is 0 Å². The van der Waals surface area contributed by atoms with Gasteiger partial charge in [-0.2, -0.15) is 5.10 Å². The first-order valence-electron chi connectivity index (χ1n) is 8.29. The lowest BCUT2D eigenvalue weighted by atomic mass is 9.95. The molecule has 0 aliphatic heterocycles. The van der Waals surface area contributed by atoms with Crippen LogP contribution in [0, 0.1) is 6.92 Å². The second kappa shape index (κ2) is 7.04. The number of aryl methyl sites for hydroxylation is 1. The van der Waals surface area contributed by atoms with E-state index in [0.29, 0.717) is 0 Å². The van der Waals surface area contributed by atoms with Crippen molar-refractivity contribution < 1.29 is 9.84 Å². The molecule has 2 aromatic rings. The van der Waals surface area contributed by atoms with Gasteiger partial charge in [0.15, 0.2) is 0 Å². The van der Waals surface area contributed by atoms with E-state index in [2.05, 4.69) is 17.3 Å². The second-order valence-corrected chi connectivity index (χ2v) is 6.26. The minimum absolute atomic E-state index is 0.0689. The Bertz CT molecular complexity index is 636. The molecule has 0 amide bonds. The molecule has 1 aromatic carbocycles. The zero-order chi connectivity index (χ0) is 16.2. The molecular formula is C18H25N3O2. The first kappa shape index (κ1) is 15.9. The zero-order valence-corrected chi connectivity index (χ0v) is 13.8. The van der Waals surface area contributed by atoms with Gasteiger partial charge in [0.05, 0.1) is 12.3 Å². The molecule has 0 spiro atoms. The number of nitrogens with one attached hydrogen (secondary N) is 1. The van der Waals surface area contributed by atoms with Crippen LogP contribution in [0.25, 0.3) is 0 Å². The van der Waals surface area contributed by atoms with Gasteiger partial charge >= 0.3 is 0 Å². The van der Waals surface area contributed by atoms with Crippen molar-refractivity contribution >= 4 is 5.69 Å². The quantitative estimate of drug-likeness (QED) is 0.890. The molecule has 1 saturated carbocycles. The predicted octanol–water partition coefficient (Wildman–Crippen LogP) is 3.02. The van der Waals surface area contributed by atoms with Crippen LogP contribution in [-0.2, 0) is 13.6 Å². The molecule has 1 aromatic heterocycles. The predicted molar refractivity (Wildman–Crippen MR) is 90.6 cm³/mol. The molecule has 5 nitrogen and oxygen atoms in total. The van der Waals surface area contributed by atoms with Gasteiger partial charge in [-0.05, 0) is 50.5 Å². The molecule has 0 radical (unpaired) electrons. The fourth-order valence-electron chi connectivity index (χ4n) is 2.96. The Morgan fingerprint density at radius 3 is 2.65 bits per heavy atom.